The third kappa shape index (κ3) is 3.32. The van der Waals surface area contributed by atoms with Gasteiger partial charge < -0.3 is 4.74 Å². The van der Waals surface area contributed by atoms with Gasteiger partial charge in [-0.25, -0.2) is 13.1 Å². The molecule has 1 aliphatic rings. The molecule has 0 bridgehead atoms. The van der Waals surface area contributed by atoms with Crippen LogP contribution in [0.1, 0.15) is 19.8 Å². The first-order valence-corrected chi connectivity index (χ1v) is 8.08. The van der Waals surface area contributed by atoms with Crippen molar-refractivity contribution >= 4 is 26.0 Å². The molecule has 4 nitrogen and oxygen atoms in total. The highest BCUT2D eigenvalue weighted by Crippen LogP contribution is 2.25. The largest absolute Gasteiger partial charge is 0.374 e. The SMILES string of the molecule is CC1(CNS(=O)(=O)c2cccc(Br)c2)CCCO1. The zero-order valence-corrected chi connectivity index (χ0v) is 12.6. The molecule has 0 saturated carbocycles. The molecule has 6 heteroatoms. The summed E-state index contributed by atoms with van der Waals surface area (Å²) in [5.74, 6) is 0. The lowest BCUT2D eigenvalue weighted by Crippen LogP contribution is -2.40. The molecule has 0 aromatic heterocycles. The summed E-state index contributed by atoms with van der Waals surface area (Å²) in [7, 11) is -3.47. The van der Waals surface area contributed by atoms with Gasteiger partial charge in [0.1, 0.15) is 0 Å². The van der Waals surface area contributed by atoms with Crippen LogP contribution in [0.2, 0.25) is 0 Å². The number of hydrogen-bond donors (Lipinski definition) is 1. The van der Waals surface area contributed by atoms with Crippen LogP contribution < -0.4 is 4.72 Å². The maximum absolute atomic E-state index is 12.1. The lowest BCUT2D eigenvalue weighted by molar-refractivity contribution is 0.0250. The highest BCUT2D eigenvalue weighted by Gasteiger charge is 2.31. The van der Waals surface area contributed by atoms with Gasteiger partial charge in [0.25, 0.3) is 0 Å². The van der Waals surface area contributed by atoms with E-state index in [4.69, 9.17) is 4.74 Å². The Balaban J connectivity index is 2.08. The number of hydrogen-bond acceptors (Lipinski definition) is 3. The molecule has 1 N–H and O–H groups in total. The maximum Gasteiger partial charge on any atom is 0.240 e. The van der Waals surface area contributed by atoms with E-state index in [0.717, 1.165) is 17.3 Å². The molecule has 0 spiro atoms. The number of benzene rings is 1. The second-order valence-electron chi connectivity index (χ2n) is 4.68. The average molecular weight is 334 g/mol. The molecule has 1 aliphatic heterocycles. The fourth-order valence-corrected chi connectivity index (χ4v) is 3.69. The Morgan fingerprint density at radius 1 is 1.50 bits per heavy atom. The molecule has 2 rings (SSSR count). The van der Waals surface area contributed by atoms with Gasteiger partial charge in [-0.15, -0.1) is 0 Å². The van der Waals surface area contributed by atoms with Crippen molar-refractivity contribution in [1.82, 2.24) is 4.72 Å². The molecular formula is C12H16BrNO3S. The first-order valence-electron chi connectivity index (χ1n) is 5.81. The summed E-state index contributed by atoms with van der Waals surface area (Å²) in [6.07, 6.45) is 1.86. The molecule has 0 radical (unpaired) electrons. The Morgan fingerprint density at radius 3 is 2.89 bits per heavy atom. The summed E-state index contributed by atoms with van der Waals surface area (Å²) >= 11 is 3.27. The Hall–Kier alpha value is -0.430. The Morgan fingerprint density at radius 2 is 2.28 bits per heavy atom. The number of nitrogens with one attached hydrogen (secondary N) is 1. The zero-order chi connectivity index (χ0) is 13.2. The molecule has 1 unspecified atom stereocenters. The highest BCUT2D eigenvalue weighted by molar-refractivity contribution is 9.10. The Labute approximate surface area is 116 Å². The predicted molar refractivity (Wildman–Crippen MR) is 72.9 cm³/mol. The summed E-state index contributed by atoms with van der Waals surface area (Å²) in [5, 5.41) is 0. The minimum Gasteiger partial charge on any atom is -0.374 e. The van der Waals surface area contributed by atoms with E-state index in [1.54, 1.807) is 24.3 Å². The molecule has 18 heavy (non-hydrogen) atoms. The molecule has 1 heterocycles. The van der Waals surface area contributed by atoms with Crippen molar-refractivity contribution in [3.05, 3.63) is 28.7 Å². The second-order valence-corrected chi connectivity index (χ2v) is 7.37. The molecule has 1 aromatic carbocycles. The van der Waals surface area contributed by atoms with E-state index in [1.165, 1.54) is 0 Å². The van der Waals surface area contributed by atoms with Gasteiger partial charge in [-0.2, -0.15) is 0 Å². The highest BCUT2D eigenvalue weighted by atomic mass is 79.9. The third-order valence-electron chi connectivity index (χ3n) is 3.04. The number of rotatable bonds is 4. The minimum atomic E-state index is -3.47. The van der Waals surface area contributed by atoms with Gasteiger partial charge in [-0.3, -0.25) is 0 Å². The van der Waals surface area contributed by atoms with Crippen molar-refractivity contribution in [1.29, 1.82) is 0 Å². The first kappa shape index (κ1) is 14.0. The number of sulfonamides is 1. The van der Waals surface area contributed by atoms with E-state index < -0.39 is 10.0 Å². The van der Waals surface area contributed by atoms with E-state index in [0.29, 0.717) is 13.2 Å². The molecule has 1 fully saturated rings. The number of ether oxygens (including phenoxy) is 1. The van der Waals surface area contributed by atoms with Crippen LogP contribution in [0, 0.1) is 0 Å². The van der Waals surface area contributed by atoms with E-state index in [9.17, 15) is 8.42 Å². The van der Waals surface area contributed by atoms with Gasteiger partial charge in [0.05, 0.1) is 10.5 Å². The number of halogens is 1. The Kier molecular flexibility index (Phi) is 4.11. The van der Waals surface area contributed by atoms with Crippen LogP contribution in [0.5, 0.6) is 0 Å². The van der Waals surface area contributed by atoms with E-state index in [-0.39, 0.29) is 10.5 Å². The van der Waals surface area contributed by atoms with E-state index in [2.05, 4.69) is 20.7 Å². The van der Waals surface area contributed by atoms with Crippen LogP contribution in [-0.2, 0) is 14.8 Å². The summed E-state index contributed by atoms with van der Waals surface area (Å²) in [4.78, 5) is 0.262. The van der Waals surface area contributed by atoms with E-state index in [1.807, 2.05) is 6.92 Å². The lowest BCUT2D eigenvalue weighted by atomic mass is 10.0. The lowest BCUT2D eigenvalue weighted by Gasteiger charge is -2.23. The minimum absolute atomic E-state index is 0.262. The monoisotopic (exact) mass is 333 g/mol. The summed E-state index contributed by atoms with van der Waals surface area (Å²) in [6.45, 7) is 2.94. The second kappa shape index (κ2) is 5.28. The predicted octanol–water partition coefficient (Wildman–Crippen LogP) is 2.30. The van der Waals surface area contributed by atoms with Gasteiger partial charge in [-0.05, 0) is 38.0 Å². The van der Waals surface area contributed by atoms with Gasteiger partial charge in [0, 0.05) is 17.6 Å². The molecular weight excluding hydrogens is 318 g/mol. The summed E-state index contributed by atoms with van der Waals surface area (Å²) in [6, 6.07) is 6.65. The first-order chi connectivity index (χ1) is 8.41. The molecule has 1 aromatic rings. The van der Waals surface area contributed by atoms with Gasteiger partial charge in [0.15, 0.2) is 0 Å². The van der Waals surface area contributed by atoms with Crippen molar-refractivity contribution in [3.63, 3.8) is 0 Å². The molecule has 0 amide bonds. The normalized spacial score (nSPS) is 24.3. The average Bonchev–Trinajstić information content (AvgIpc) is 2.75. The third-order valence-corrected chi connectivity index (χ3v) is 4.94. The van der Waals surface area contributed by atoms with Crippen LogP contribution in [-0.4, -0.2) is 27.2 Å². The summed E-state index contributed by atoms with van der Waals surface area (Å²) in [5.41, 5.74) is -0.376. The maximum atomic E-state index is 12.1. The van der Waals surface area contributed by atoms with Gasteiger partial charge in [0.2, 0.25) is 10.0 Å². The Bertz CT molecular complexity index is 524. The van der Waals surface area contributed by atoms with Crippen molar-refractivity contribution in [3.8, 4) is 0 Å². The smallest absolute Gasteiger partial charge is 0.240 e. The molecule has 1 atom stereocenters. The topological polar surface area (TPSA) is 55.4 Å². The molecule has 1 saturated heterocycles. The fourth-order valence-electron chi connectivity index (χ4n) is 1.94. The van der Waals surface area contributed by atoms with Crippen LogP contribution in [0.4, 0.5) is 0 Å². The van der Waals surface area contributed by atoms with Crippen molar-refractivity contribution in [2.45, 2.75) is 30.3 Å². The van der Waals surface area contributed by atoms with Gasteiger partial charge in [-0.1, -0.05) is 22.0 Å². The zero-order valence-electron chi connectivity index (χ0n) is 10.1. The van der Waals surface area contributed by atoms with Crippen LogP contribution >= 0.6 is 15.9 Å². The molecule has 0 aliphatic carbocycles. The van der Waals surface area contributed by atoms with Gasteiger partial charge >= 0.3 is 0 Å². The van der Waals surface area contributed by atoms with Crippen molar-refractivity contribution in [2.24, 2.45) is 0 Å². The van der Waals surface area contributed by atoms with Crippen LogP contribution in [0.3, 0.4) is 0 Å². The van der Waals surface area contributed by atoms with Crippen molar-refractivity contribution in [2.75, 3.05) is 13.2 Å². The van der Waals surface area contributed by atoms with Crippen LogP contribution in [0.25, 0.3) is 0 Å². The fraction of sp³-hybridized carbons (Fsp3) is 0.500. The quantitative estimate of drug-likeness (QED) is 0.919. The molecule has 100 valence electrons. The van der Waals surface area contributed by atoms with Crippen molar-refractivity contribution < 1.29 is 13.2 Å². The van der Waals surface area contributed by atoms with E-state index >= 15 is 0 Å². The summed E-state index contributed by atoms with van der Waals surface area (Å²) < 4.78 is 33.1. The standard InChI is InChI=1S/C12H16BrNO3S/c1-12(6-3-7-17-12)9-14-18(15,16)11-5-2-4-10(13)8-11/h2,4-5,8,14H,3,6-7,9H2,1H3. The van der Waals surface area contributed by atoms with Crippen LogP contribution in [0.15, 0.2) is 33.6 Å².